The average Bonchev–Trinajstić information content (AvgIpc) is 3.56. The molecule has 0 unspecified atom stereocenters. The average molecular weight is 515 g/mol. The fourth-order valence-electron chi connectivity index (χ4n) is 3.66. The van der Waals surface area contributed by atoms with Gasteiger partial charge in [-0.1, -0.05) is 18.2 Å². The number of nitrogens with one attached hydrogen (secondary N) is 2. The molecule has 0 saturated heterocycles. The summed E-state index contributed by atoms with van der Waals surface area (Å²) >= 11 is 5.28. The number of thiocarbonyl (C=S) groups is 1. The normalized spacial score (nSPS) is 10.7. The number of rotatable bonds is 6. The van der Waals surface area contributed by atoms with E-state index >= 15 is 0 Å². The third-order valence-corrected chi connectivity index (χ3v) is 5.59. The Kier molecular flexibility index (Phi) is 6.35. The van der Waals surface area contributed by atoms with Crippen LogP contribution in [0.3, 0.4) is 0 Å². The number of carbonyl (C=O) groups excluding carboxylic acids is 1. The highest BCUT2D eigenvalue weighted by Crippen LogP contribution is 2.31. The van der Waals surface area contributed by atoms with Crippen molar-refractivity contribution >= 4 is 45.7 Å². The number of nitro benzene ring substituents is 1. The lowest BCUT2D eigenvalue weighted by molar-refractivity contribution is -0.384. The van der Waals surface area contributed by atoms with Gasteiger partial charge in [-0.3, -0.25) is 20.2 Å². The molecule has 0 spiro atoms. The topological polar surface area (TPSA) is 133 Å². The Balaban J connectivity index is 1.28. The summed E-state index contributed by atoms with van der Waals surface area (Å²) in [6, 6.07) is 21.6. The molecular formula is C26H18N4O6S. The highest BCUT2D eigenvalue weighted by molar-refractivity contribution is 7.80. The summed E-state index contributed by atoms with van der Waals surface area (Å²) in [6.45, 7) is 0. The maximum absolute atomic E-state index is 12.6. The van der Waals surface area contributed by atoms with Crippen LogP contribution in [0.4, 0.5) is 11.4 Å². The number of methoxy groups -OCH3 is 1. The van der Waals surface area contributed by atoms with Gasteiger partial charge in [0.25, 0.3) is 11.6 Å². The van der Waals surface area contributed by atoms with Crippen LogP contribution >= 0.6 is 12.2 Å². The van der Waals surface area contributed by atoms with Crippen LogP contribution in [0.5, 0.6) is 5.75 Å². The molecule has 0 fully saturated rings. The number of anilines is 1. The second-order valence-corrected chi connectivity index (χ2v) is 8.19. The molecular weight excluding hydrogens is 496 g/mol. The highest BCUT2D eigenvalue weighted by Gasteiger charge is 2.20. The van der Waals surface area contributed by atoms with Crippen molar-refractivity contribution in [2.24, 2.45) is 0 Å². The van der Waals surface area contributed by atoms with Gasteiger partial charge in [-0.2, -0.15) is 0 Å². The minimum Gasteiger partial charge on any atom is -0.497 e. The first-order chi connectivity index (χ1) is 17.9. The van der Waals surface area contributed by atoms with E-state index in [9.17, 15) is 14.9 Å². The van der Waals surface area contributed by atoms with Gasteiger partial charge in [-0.15, -0.1) is 0 Å². The van der Waals surface area contributed by atoms with E-state index in [2.05, 4.69) is 15.6 Å². The zero-order valence-electron chi connectivity index (χ0n) is 19.3. The van der Waals surface area contributed by atoms with Crippen molar-refractivity contribution in [1.82, 2.24) is 10.3 Å². The SMILES string of the molecule is COc1ccc2oc(-c3cccc(NC(=S)NC(=O)c4ccc(-c5ccccc5[N+](=O)[O-])o4)c3)nc2c1. The van der Waals surface area contributed by atoms with E-state index in [1.54, 1.807) is 61.7 Å². The maximum Gasteiger partial charge on any atom is 0.293 e. The number of carbonyl (C=O) groups is 1. The molecule has 0 atom stereocenters. The molecule has 0 bridgehead atoms. The van der Waals surface area contributed by atoms with Gasteiger partial charge >= 0.3 is 0 Å². The molecule has 2 aromatic heterocycles. The number of oxazole rings is 1. The number of hydrogen-bond donors (Lipinski definition) is 2. The Morgan fingerprint density at radius 2 is 1.86 bits per heavy atom. The number of nitrogens with zero attached hydrogens (tertiary/aromatic N) is 2. The molecule has 5 aromatic rings. The molecule has 184 valence electrons. The summed E-state index contributed by atoms with van der Waals surface area (Å²) in [7, 11) is 1.58. The van der Waals surface area contributed by atoms with Crippen molar-refractivity contribution in [3.63, 3.8) is 0 Å². The number of hydrogen-bond acceptors (Lipinski definition) is 8. The van der Waals surface area contributed by atoms with Crippen LogP contribution < -0.4 is 15.4 Å². The predicted octanol–water partition coefficient (Wildman–Crippen LogP) is 5.80. The van der Waals surface area contributed by atoms with Crippen molar-refractivity contribution in [2.45, 2.75) is 0 Å². The van der Waals surface area contributed by atoms with Crippen LogP contribution in [0, 0.1) is 10.1 Å². The number of ether oxygens (including phenoxy) is 1. The van der Waals surface area contributed by atoms with Gasteiger partial charge in [0, 0.05) is 23.4 Å². The smallest absolute Gasteiger partial charge is 0.293 e. The minimum atomic E-state index is -0.605. The summed E-state index contributed by atoms with van der Waals surface area (Å²) in [5.41, 5.74) is 2.72. The third kappa shape index (κ3) is 5.02. The Morgan fingerprint density at radius 1 is 1.03 bits per heavy atom. The van der Waals surface area contributed by atoms with Crippen LogP contribution in [0.15, 0.2) is 87.7 Å². The molecule has 37 heavy (non-hydrogen) atoms. The van der Waals surface area contributed by atoms with Gasteiger partial charge in [-0.05, 0) is 60.7 Å². The predicted molar refractivity (Wildman–Crippen MR) is 140 cm³/mol. The van der Waals surface area contributed by atoms with Crippen LogP contribution in [-0.2, 0) is 0 Å². The molecule has 11 heteroatoms. The third-order valence-electron chi connectivity index (χ3n) is 5.39. The highest BCUT2D eigenvalue weighted by atomic mass is 32.1. The molecule has 0 saturated carbocycles. The number of fused-ring (bicyclic) bond motifs is 1. The summed E-state index contributed by atoms with van der Waals surface area (Å²) in [5.74, 6) is 0.633. The van der Waals surface area contributed by atoms with Crippen LogP contribution in [0.1, 0.15) is 10.6 Å². The molecule has 0 aliphatic rings. The first-order valence-electron chi connectivity index (χ1n) is 10.9. The van der Waals surface area contributed by atoms with Gasteiger partial charge in [-0.25, -0.2) is 4.98 Å². The summed E-state index contributed by atoms with van der Waals surface area (Å²) in [6.07, 6.45) is 0. The lowest BCUT2D eigenvalue weighted by Crippen LogP contribution is -2.33. The molecule has 0 radical (unpaired) electrons. The van der Waals surface area contributed by atoms with Crippen molar-refractivity contribution in [3.05, 3.63) is 94.7 Å². The van der Waals surface area contributed by atoms with Crippen LogP contribution in [0.2, 0.25) is 0 Å². The van der Waals surface area contributed by atoms with Crippen molar-refractivity contribution in [2.75, 3.05) is 12.4 Å². The Bertz CT molecular complexity index is 1660. The lowest BCUT2D eigenvalue weighted by Gasteiger charge is -2.09. The minimum absolute atomic E-state index is 0.0353. The van der Waals surface area contributed by atoms with E-state index in [1.807, 2.05) is 6.07 Å². The molecule has 0 aliphatic heterocycles. The van der Waals surface area contributed by atoms with E-state index in [1.165, 1.54) is 18.2 Å². The number of furan rings is 1. The first kappa shape index (κ1) is 23.7. The number of para-hydroxylation sites is 1. The fraction of sp³-hybridized carbons (Fsp3) is 0.0385. The Hall–Kier alpha value is -5.03. The van der Waals surface area contributed by atoms with Gasteiger partial charge < -0.3 is 18.9 Å². The zero-order chi connectivity index (χ0) is 25.9. The van der Waals surface area contributed by atoms with Gasteiger partial charge in [0.1, 0.15) is 17.0 Å². The lowest BCUT2D eigenvalue weighted by atomic mass is 10.1. The summed E-state index contributed by atoms with van der Waals surface area (Å²) < 4.78 is 16.6. The second kappa shape index (κ2) is 9.91. The van der Waals surface area contributed by atoms with Gasteiger partial charge in [0.15, 0.2) is 16.5 Å². The van der Waals surface area contributed by atoms with Gasteiger partial charge in [0.05, 0.1) is 17.6 Å². The van der Waals surface area contributed by atoms with E-state index in [0.29, 0.717) is 34.0 Å². The Morgan fingerprint density at radius 3 is 2.68 bits per heavy atom. The molecule has 2 N–H and O–H groups in total. The molecule has 2 heterocycles. The zero-order valence-corrected chi connectivity index (χ0v) is 20.1. The number of amides is 1. The molecule has 3 aromatic carbocycles. The number of aromatic nitrogens is 1. The number of nitro groups is 1. The fourth-order valence-corrected chi connectivity index (χ4v) is 3.87. The first-order valence-corrected chi connectivity index (χ1v) is 11.3. The van der Waals surface area contributed by atoms with Crippen LogP contribution in [-0.4, -0.2) is 28.0 Å². The van der Waals surface area contributed by atoms with E-state index in [0.717, 1.165) is 0 Å². The summed E-state index contributed by atoms with van der Waals surface area (Å²) in [5, 5.41) is 16.8. The molecule has 0 aliphatic carbocycles. The Labute approximate surface area is 215 Å². The monoisotopic (exact) mass is 514 g/mol. The van der Waals surface area contributed by atoms with E-state index in [-0.39, 0.29) is 27.9 Å². The number of benzene rings is 3. The molecule has 10 nitrogen and oxygen atoms in total. The summed E-state index contributed by atoms with van der Waals surface area (Å²) in [4.78, 5) is 27.9. The molecule has 5 rings (SSSR count). The standard InChI is InChI=1S/C26H18N4O6S/c1-34-17-9-10-22-19(14-17)28-25(36-22)15-5-4-6-16(13-15)27-26(37)29-24(31)23-12-11-21(35-23)18-7-2-3-8-20(18)30(32)33/h2-14H,1H3,(H2,27,29,31,37). The van der Waals surface area contributed by atoms with E-state index in [4.69, 9.17) is 25.8 Å². The van der Waals surface area contributed by atoms with Crippen molar-refractivity contribution in [3.8, 4) is 28.5 Å². The largest absolute Gasteiger partial charge is 0.497 e. The van der Waals surface area contributed by atoms with Crippen molar-refractivity contribution in [1.29, 1.82) is 0 Å². The second-order valence-electron chi connectivity index (χ2n) is 7.78. The van der Waals surface area contributed by atoms with Crippen LogP contribution in [0.25, 0.3) is 33.9 Å². The maximum atomic E-state index is 12.6. The molecule has 1 amide bonds. The van der Waals surface area contributed by atoms with Gasteiger partial charge in [0.2, 0.25) is 5.89 Å². The van der Waals surface area contributed by atoms with E-state index < -0.39 is 10.8 Å². The quantitative estimate of drug-likeness (QED) is 0.164. The van der Waals surface area contributed by atoms with Crippen molar-refractivity contribution < 1.29 is 23.3 Å².